The van der Waals surface area contributed by atoms with Gasteiger partial charge in [-0.1, -0.05) is 36.7 Å². The number of halogens is 1. The quantitative estimate of drug-likeness (QED) is 0.684. The maximum absolute atomic E-state index is 5.72. The zero-order valence-electron chi connectivity index (χ0n) is 6.54. The normalized spacial score (nSPS) is 11.6. The van der Waals surface area contributed by atoms with Gasteiger partial charge in [0.05, 0.1) is 6.20 Å². The van der Waals surface area contributed by atoms with E-state index in [4.69, 9.17) is 16.1 Å². The molecule has 60 valence electrons. The van der Waals surface area contributed by atoms with Crippen molar-refractivity contribution in [2.24, 2.45) is 5.92 Å². The van der Waals surface area contributed by atoms with Gasteiger partial charge in [-0.3, -0.25) is 0 Å². The van der Waals surface area contributed by atoms with E-state index >= 15 is 0 Å². The van der Waals surface area contributed by atoms with E-state index in [1.165, 1.54) is 6.20 Å². The first-order valence-corrected chi connectivity index (χ1v) is 3.86. The van der Waals surface area contributed by atoms with Crippen LogP contribution < -0.4 is 0 Å². The van der Waals surface area contributed by atoms with E-state index < -0.39 is 0 Å². The minimum absolute atomic E-state index is 0.496. The summed E-state index contributed by atoms with van der Waals surface area (Å²) in [6.07, 6.45) is 5.33. The third kappa shape index (κ3) is 2.39. The van der Waals surface area contributed by atoms with Gasteiger partial charge in [-0.15, -0.1) is 0 Å². The fourth-order valence-corrected chi connectivity index (χ4v) is 0.764. The molecule has 2 nitrogen and oxygen atoms in total. The molecule has 0 aromatic carbocycles. The molecule has 0 atom stereocenters. The van der Waals surface area contributed by atoms with Crippen molar-refractivity contribution in [3.8, 4) is 0 Å². The van der Waals surface area contributed by atoms with E-state index in [1.54, 1.807) is 0 Å². The van der Waals surface area contributed by atoms with Crippen LogP contribution in [0.4, 0.5) is 0 Å². The number of aromatic nitrogens is 1. The van der Waals surface area contributed by atoms with E-state index in [-0.39, 0.29) is 0 Å². The molecule has 1 heterocycles. The van der Waals surface area contributed by atoms with Gasteiger partial charge in [0.2, 0.25) is 0 Å². The number of rotatable bonds is 2. The molecule has 0 N–H and O–H groups in total. The molecule has 3 heteroatoms. The van der Waals surface area contributed by atoms with Crippen molar-refractivity contribution in [3.05, 3.63) is 23.1 Å². The molecule has 0 aliphatic rings. The van der Waals surface area contributed by atoms with Gasteiger partial charge < -0.3 is 4.52 Å². The lowest BCUT2D eigenvalue weighted by atomic mass is 10.2. The lowest BCUT2D eigenvalue weighted by molar-refractivity contribution is 0.412. The Morgan fingerprint density at radius 2 is 2.36 bits per heavy atom. The third-order valence-electron chi connectivity index (χ3n) is 1.18. The van der Waals surface area contributed by atoms with Gasteiger partial charge in [0.1, 0.15) is 5.02 Å². The molecule has 0 radical (unpaired) electrons. The van der Waals surface area contributed by atoms with Crippen LogP contribution in [0.25, 0.3) is 6.08 Å². The molecular weight excluding hydrogens is 162 g/mol. The van der Waals surface area contributed by atoms with E-state index in [9.17, 15) is 0 Å². The summed E-state index contributed by atoms with van der Waals surface area (Å²) in [6.45, 7) is 4.17. The molecule has 0 saturated heterocycles. The van der Waals surface area contributed by atoms with Gasteiger partial charge in [-0.25, -0.2) is 0 Å². The highest BCUT2D eigenvalue weighted by Crippen LogP contribution is 2.16. The summed E-state index contributed by atoms with van der Waals surface area (Å²) in [5.74, 6) is 1.12. The van der Waals surface area contributed by atoms with Crippen molar-refractivity contribution in [2.45, 2.75) is 13.8 Å². The summed E-state index contributed by atoms with van der Waals surface area (Å²) in [5, 5.41) is 4.10. The van der Waals surface area contributed by atoms with Crippen LogP contribution in [0.2, 0.25) is 5.02 Å². The maximum Gasteiger partial charge on any atom is 0.177 e. The molecule has 11 heavy (non-hydrogen) atoms. The summed E-state index contributed by atoms with van der Waals surface area (Å²) in [7, 11) is 0. The zero-order valence-corrected chi connectivity index (χ0v) is 7.30. The molecular formula is C8H10ClNO. The fraction of sp³-hybridized carbons (Fsp3) is 0.375. The topological polar surface area (TPSA) is 26.0 Å². The molecule has 0 aliphatic heterocycles. The van der Waals surface area contributed by atoms with Gasteiger partial charge in [0.25, 0.3) is 0 Å². The largest absolute Gasteiger partial charge is 0.355 e. The first-order valence-electron chi connectivity index (χ1n) is 3.48. The van der Waals surface area contributed by atoms with Crippen LogP contribution >= 0.6 is 11.6 Å². The molecule has 0 fully saturated rings. The van der Waals surface area contributed by atoms with Gasteiger partial charge in [-0.05, 0) is 12.0 Å². The molecule has 0 amide bonds. The Hall–Kier alpha value is -0.760. The van der Waals surface area contributed by atoms with Gasteiger partial charge in [0, 0.05) is 0 Å². The Balaban J connectivity index is 2.71. The zero-order chi connectivity index (χ0) is 8.27. The Bertz CT molecular complexity index is 252. The Labute approximate surface area is 70.8 Å². The van der Waals surface area contributed by atoms with Gasteiger partial charge in [0.15, 0.2) is 5.76 Å². The molecule has 0 spiro atoms. The lowest BCUT2D eigenvalue weighted by Gasteiger charge is -1.90. The van der Waals surface area contributed by atoms with Crippen LogP contribution in [0.1, 0.15) is 19.6 Å². The molecule has 0 saturated carbocycles. The standard InChI is InChI=1S/C8H10ClNO/c1-6(2)3-4-8-7(9)5-10-11-8/h3-6H,1-2H3/b4-3+. The van der Waals surface area contributed by atoms with Crippen LogP contribution in [-0.4, -0.2) is 5.16 Å². The highest BCUT2D eigenvalue weighted by molar-refractivity contribution is 6.31. The molecule has 1 aromatic heterocycles. The van der Waals surface area contributed by atoms with Crippen molar-refractivity contribution >= 4 is 17.7 Å². The first kappa shape index (κ1) is 8.34. The van der Waals surface area contributed by atoms with Crippen molar-refractivity contribution < 1.29 is 4.52 Å². The van der Waals surface area contributed by atoms with Gasteiger partial charge in [-0.2, -0.15) is 0 Å². The minimum atomic E-state index is 0.496. The molecule has 0 unspecified atom stereocenters. The fourth-order valence-electron chi connectivity index (χ4n) is 0.627. The summed E-state index contributed by atoms with van der Waals surface area (Å²) in [5.41, 5.74) is 0. The predicted molar refractivity (Wildman–Crippen MR) is 45.4 cm³/mol. The summed E-state index contributed by atoms with van der Waals surface area (Å²) in [6, 6.07) is 0. The highest BCUT2D eigenvalue weighted by atomic mass is 35.5. The third-order valence-corrected chi connectivity index (χ3v) is 1.47. The second-order valence-electron chi connectivity index (χ2n) is 2.64. The molecule has 0 bridgehead atoms. The number of hydrogen-bond donors (Lipinski definition) is 0. The maximum atomic E-state index is 5.72. The minimum Gasteiger partial charge on any atom is -0.355 e. The second-order valence-corrected chi connectivity index (χ2v) is 3.05. The first-order chi connectivity index (χ1) is 5.20. The van der Waals surface area contributed by atoms with Crippen LogP contribution in [0.3, 0.4) is 0 Å². The Morgan fingerprint density at radius 3 is 2.82 bits per heavy atom. The molecule has 1 rings (SSSR count). The monoisotopic (exact) mass is 171 g/mol. The van der Waals surface area contributed by atoms with Gasteiger partial charge >= 0.3 is 0 Å². The Morgan fingerprint density at radius 1 is 1.64 bits per heavy atom. The highest BCUT2D eigenvalue weighted by Gasteiger charge is 1.99. The number of hydrogen-bond acceptors (Lipinski definition) is 2. The predicted octanol–water partition coefficient (Wildman–Crippen LogP) is 3.00. The van der Waals surface area contributed by atoms with Crippen LogP contribution in [0.5, 0.6) is 0 Å². The van der Waals surface area contributed by atoms with Crippen LogP contribution in [0.15, 0.2) is 16.8 Å². The van der Waals surface area contributed by atoms with Crippen molar-refractivity contribution in [1.82, 2.24) is 5.16 Å². The average molecular weight is 172 g/mol. The summed E-state index contributed by atoms with van der Waals surface area (Å²) >= 11 is 5.72. The van der Waals surface area contributed by atoms with E-state index in [0.29, 0.717) is 16.7 Å². The van der Waals surface area contributed by atoms with Crippen molar-refractivity contribution in [2.75, 3.05) is 0 Å². The lowest BCUT2D eigenvalue weighted by Crippen LogP contribution is -1.76. The van der Waals surface area contributed by atoms with Crippen molar-refractivity contribution in [3.63, 3.8) is 0 Å². The smallest absolute Gasteiger partial charge is 0.177 e. The summed E-state index contributed by atoms with van der Waals surface area (Å²) < 4.78 is 4.85. The van der Waals surface area contributed by atoms with E-state index in [0.717, 1.165) is 0 Å². The second kappa shape index (κ2) is 3.58. The molecule has 0 aliphatic carbocycles. The SMILES string of the molecule is CC(C)/C=C/c1oncc1Cl. The number of nitrogens with zero attached hydrogens (tertiary/aromatic N) is 1. The van der Waals surface area contributed by atoms with Crippen LogP contribution in [0, 0.1) is 5.92 Å². The number of allylic oxidation sites excluding steroid dienone is 1. The Kier molecular flexibility index (Phi) is 2.71. The van der Waals surface area contributed by atoms with E-state index in [1.807, 2.05) is 12.2 Å². The average Bonchev–Trinajstić information content (AvgIpc) is 2.31. The van der Waals surface area contributed by atoms with E-state index in [2.05, 4.69) is 19.0 Å². The van der Waals surface area contributed by atoms with Crippen molar-refractivity contribution in [1.29, 1.82) is 0 Å². The summed E-state index contributed by atoms with van der Waals surface area (Å²) in [4.78, 5) is 0. The van der Waals surface area contributed by atoms with Crippen LogP contribution in [-0.2, 0) is 0 Å². The molecule has 1 aromatic rings.